The van der Waals surface area contributed by atoms with E-state index in [9.17, 15) is 4.79 Å². The maximum atomic E-state index is 11.8. The van der Waals surface area contributed by atoms with Gasteiger partial charge in [-0.15, -0.1) is 0 Å². The molecule has 0 aliphatic carbocycles. The monoisotopic (exact) mass is 389 g/mol. The average molecular weight is 390 g/mol. The van der Waals surface area contributed by atoms with Gasteiger partial charge in [0.1, 0.15) is 6.61 Å². The third kappa shape index (κ3) is 6.70. The van der Waals surface area contributed by atoms with Crippen LogP contribution in [0.25, 0.3) is 0 Å². The summed E-state index contributed by atoms with van der Waals surface area (Å²) in [5.41, 5.74) is 3.62. The fraction of sp³-hybridized carbons (Fsp3) is 0.333. The zero-order valence-corrected chi connectivity index (χ0v) is 16.5. The van der Waals surface area contributed by atoms with Gasteiger partial charge in [-0.3, -0.25) is 0 Å². The van der Waals surface area contributed by atoms with E-state index >= 15 is 0 Å². The molecule has 1 atom stereocenters. The molecule has 0 bridgehead atoms. The lowest BCUT2D eigenvalue weighted by atomic mass is 10.0. The number of methoxy groups -OCH3 is 1. The fourth-order valence-corrected chi connectivity index (χ4v) is 2.64. The number of esters is 1. The molecule has 27 heavy (non-hydrogen) atoms. The van der Waals surface area contributed by atoms with E-state index < -0.39 is 6.10 Å². The second kappa shape index (κ2) is 10.7. The second-order valence-corrected chi connectivity index (χ2v) is 6.38. The van der Waals surface area contributed by atoms with Crippen LogP contribution in [0.15, 0.2) is 53.7 Å². The summed E-state index contributed by atoms with van der Waals surface area (Å²) in [6.45, 7) is 4.53. The molecule has 0 spiro atoms. The first-order chi connectivity index (χ1) is 13.0. The molecule has 0 aromatic heterocycles. The molecule has 2 rings (SSSR count). The molecular formula is C21H24ClNO4. The summed E-state index contributed by atoms with van der Waals surface area (Å²) in [5.74, 6) is -0.376. The first kappa shape index (κ1) is 20.9. The zero-order chi connectivity index (χ0) is 19.6. The highest BCUT2D eigenvalue weighted by Crippen LogP contribution is 2.13. The van der Waals surface area contributed by atoms with Crippen molar-refractivity contribution in [3.05, 3.63) is 70.2 Å². The molecule has 0 saturated carbocycles. The van der Waals surface area contributed by atoms with Crippen molar-refractivity contribution in [3.63, 3.8) is 0 Å². The summed E-state index contributed by atoms with van der Waals surface area (Å²) >= 11 is 5.87. The maximum absolute atomic E-state index is 11.8. The summed E-state index contributed by atoms with van der Waals surface area (Å²) in [6.07, 6.45) is -0.179. The van der Waals surface area contributed by atoms with Gasteiger partial charge in [0.2, 0.25) is 0 Å². The van der Waals surface area contributed by atoms with E-state index in [1.165, 1.54) is 7.11 Å². The topological polar surface area (TPSA) is 57.1 Å². The second-order valence-electron chi connectivity index (χ2n) is 5.95. The predicted octanol–water partition coefficient (Wildman–Crippen LogP) is 4.40. The number of carbonyl (C=O) groups excluding carboxylic acids is 1. The first-order valence-electron chi connectivity index (χ1n) is 8.73. The fourth-order valence-electron chi connectivity index (χ4n) is 2.52. The summed E-state index contributed by atoms with van der Waals surface area (Å²) in [6, 6.07) is 15.2. The largest absolute Gasteiger partial charge is 0.467 e. The normalized spacial score (nSPS) is 12.5. The van der Waals surface area contributed by atoms with Gasteiger partial charge in [0.05, 0.1) is 12.8 Å². The molecule has 0 aliphatic heterocycles. The molecule has 2 aromatic rings. The van der Waals surface area contributed by atoms with Crippen molar-refractivity contribution in [2.45, 2.75) is 33.0 Å². The van der Waals surface area contributed by atoms with E-state index in [2.05, 4.69) is 5.16 Å². The molecule has 0 saturated heterocycles. The maximum Gasteiger partial charge on any atom is 0.335 e. The van der Waals surface area contributed by atoms with E-state index in [-0.39, 0.29) is 5.97 Å². The van der Waals surface area contributed by atoms with Crippen LogP contribution in [0.2, 0.25) is 5.02 Å². The smallest absolute Gasteiger partial charge is 0.335 e. The number of halogens is 1. The highest BCUT2D eigenvalue weighted by molar-refractivity contribution is 6.30. The number of carbonyl (C=O) groups is 1. The Kier molecular flexibility index (Phi) is 8.30. The molecule has 0 N–H and O–H groups in total. The minimum atomic E-state index is -0.617. The van der Waals surface area contributed by atoms with Crippen LogP contribution >= 0.6 is 11.6 Å². The zero-order valence-electron chi connectivity index (χ0n) is 15.8. The molecule has 2 aromatic carbocycles. The van der Waals surface area contributed by atoms with Crippen molar-refractivity contribution >= 4 is 23.3 Å². The number of oxime groups is 1. The average Bonchev–Trinajstić information content (AvgIpc) is 2.68. The van der Waals surface area contributed by atoms with E-state index in [0.29, 0.717) is 24.7 Å². The molecule has 0 unspecified atom stereocenters. The van der Waals surface area contributed by atoms with Gasteiger partial charge >= 0.3 is 5.97 Å². The Labute approximate surface area is 164 Å². The summed E-state index contributed by atoms with van der Waals surface area (Å²) < 4.78 is 10.3. The highest BCUT2D eigenvalue weighted by Gasteiger charge is 2.20. The predicted molar refractivity (Wildman–Crippen MR) is 106 cm³/mol. The van der Waals surface area contributed by atoms with E-state index in [1.54, 1.807) is 0 Å². The Morgan fingerprint density at radius 3 is 2.56 bits per heavy atom. The van der Waals surface area contributed by atoms with Gasteiger partial charge in [-0.1, -0.05) is 47.1 Å². The molecule has 0 amide bonds. The van der Waals surface area contributed by atoms with Gasteiger partial charge in [-0.2, -0.15) is 0 Å². The quantitative estimate of drug-likeness (QED) is 0.362. The van der Waals surface area contributed by atoms with Crippen LogP contribution in [0.5, 0.6) is 0 Å². The van der Waals surface area contributed by atoms with Crippen molar-refractivity contribution in [2.75, 3.05) is 13.7 Å². The minimum Gasteiger partial charge on any atom is -0.467 e. The first-order valence-corrected chi connectivity index (χ1v) is 9.11. The van der Waals surface area contributed by atoms with E-state index in [1.807, 2.05) is 62.4 Å². The van der Waals surface area contributed by atoms with Gasteiger partial charge in [-0.05, 0) is 48.7 Å². The molecule has 6 heteroatoms. The Hall–Kier alpha value is -2.37. The molecule has 0 aliphatic rings. The van der Waals surface area contributed by atoms with Gasteiger partial charge in [0, 0.05) is 18.1 Å². The molecule has 144 valence electrons. The van der Waals surface area contributed by atoms with Crippen LogP contribution in [0, 0.1) is 0 Å². The SMILES string of the molecule is CCO[C@H](Cc1cccc(/C(C)=N/OCc2ccc(Cl)cc2)c1)C(=O)OC. The van der Waals surface area contributed by atoms with Crippen LogP contribution in [-0.4, -0.2) is 31.5 Å². The van der Waals surface area contributed by atoms with Gasteiger partial charge in [-0.25, -0.2) is 4.79 Å². The van der Waals surface area contributed by atoms with Crippen molar-refractivity contribution in [2.24, 2.45) is 5.16 Å². The van der Waals surface area contributed by atoms with E-state index in [4.69, 9.17) is 25.9 Å². The lowest BCUT2D eigenvalue weighted by Crippen LogP contribution is -2.28. The van der Waals surface area contributed by atoms with Crippen LogP contribution < -0.4 is 0 Å². The van der Waals surface area contributed by atoms with E-state index in [0.717, 1.165) is 22.4 Å². The Bertz CT molecular complexity index is 774. The van der Waals surface area contributed by atoms with Crippen LogP contribution in [-0.2, 0) is 32.1 Å². The van der Waals surface area contributed by atoms with Crippen LogP contribution in [0.4, 0.5) is 0 Å². The molecule has 0 heterocycles. The van der Waals surface area contributed by atoms with Crippen molar-refractivity contribution in [3.8, 4) is 0 Å². The Balaban J connectivity index is 2.01. The number of rotatable bonds is 9. The number of hydrogen-bond donors (Lipinski definition) is 0. The number of hydrogen-bond acceptors (Lipinski definition) is 5. The number of benzene rings is 2. The lowest BCUT2D eigenvalue weighted by Gasteiger charge is -2.15. The standard InChI is InChI=1S/C21H24ClNO4/c1-4-26-20(21(24)25-3)13-17-6-5-7-18(12-17)15(2)23-27-14-16-8-10-19(22)11-9-16/h5-12,20H,4,13-14H2,1-3H3/b23-15+/t20-/m1/s1. The van der Waals surface area contributed by atoms with Gasteiger partial charge in [0.25, 0.3) is 0 Å². The van der Waals surface area contributed by atoms with Gasteiger partial charge in [0.15, 0.2) is 6.10 Å². The molecule has 0 radical (unpaired) electrons. The lowest BCUT2D eigenvalue weighted by molar-refractivity contribution is -0.153. The number of ether oxygens (including phenoxy) is 2. The summed E-state index contributed by atoms with van der Waals surface area (Å²) in [4.78, 5) is 17.3. The molecule has 0 fully saturated rings. The van der Waals surface area contributed by atoms with Crippen LogP contribution in [0.1, 0.15) is 30.5 Å². The summed E-state index contributed by atoms with van der Waals surface area (Å²) in [5, 5.41) is 4.87. The van der Waals surface area contributed by atoms with Crippen LogP contribution in [0.3, 0.4) is 0 Å². The minimum absolute atomic E-state index is 0.364. The van der Waals surface area contributed by atoms with Crippen molar-refractivity contribution in [1.29, 1.82) is 0 Å². The number of nitrogens with zero attached hydrogens (tertiary/aromatic N) is 1. The highest BCUT2D eigenvalue weighted by atomic mass is 35.5. The van der Waals surface area contributed by atoms with Crippen molar-refractivity contribution in [1.82, 2.24) is 0 Å². The molecular weight excluding hydrogens is 366 g/mol. The van der Waals surface area contributed by atoms with Gasteiger partial charge < -0.3 is 14.3 Å². The Morgan fingerprint density at radius 2 is 1.89 bits per heavy atom. The molecule has 5 nitrogen and oxygen atoms in total. The third-order valence-electron chi connectivity index (χ3n) is 3.94. The van der Waals surface area contributed by atoms with Crippen molar-refractivity contribution < 1.29 is 19.1 Å². The Morgan fingerprint density at radius 1 is 1.15 bits per heavy atom. The third-order valence-corrected chi connectivity index (χ3v) is 4.20. The summed E-state index contributed by atoms with van der Waals surface area (Å²) in [7, 11) is 1.36.